The zero-order valence-corrected chi connectivity index (χ0v) is 17.5. The molecule has 3 amide bonds. The third kappa shape index (κ3) is 6.93. The van der Waals surface area contributed by atoms with Gasteiger partial charge in [0.15, 0.2) is 6.61 Å². The van der Waals surface area contributed by atoms with Crippen molar-refractivity contribution in [2.24, 2.45) is 5.92 Å². The van der Waals surface area contributed by atoms with Gasteiger partial charge >= 0.3 is 12.0 Å². The highest BCUT2D eigenvalue weighted by Crippen LogP contribution is 2.16. The number of ether oxygens (including phenoxy) is 1. The SMILES string of the molecule is CCNC(=O)NC(=O)COC(=O)[C@@H](NS(=O)(=O)c1ccc(C)c(C)c1)C(C)C. The van der Waals surface area contributed by atoms with Crippen LogP contribution in [0.1, 0.15) is 31.9 Å². The molecule has 156 valence electrons. The van der Waals surface area contributed by atoms with Crippen LogP contribution in [0, 0.1) is 19.8 Å². The van der Waals surface area contributed by atoms with Gasteiger partial charge in [-0.15, -0.1) is 0 Å². The van der Waals surface area contributed by atoms with E-state index in [1.54, 1.807) is 33.8 Å². The maximum absolute atomic E-state index is 12.6. The van der Waals surface area contributed by atoms with Gasteiger partial charge in [0.1, 0.15) is 6.04 Å². The number of hydrogen-bond acceptors (Lipinski definition) is 6. The summed E-state index contributed by atoms with van der Waals surface area (Å²) < 4.78 is 32.4. The Balaban J connectivity index is 2.81. The predicted octanol–water partition coefficient (Wildman–Crippen LogP) is 0.995. The molecule has 0 bridgehead atoms. The van der Waals surface area contributed by atoms with Gasteiger partial charge in [-0.25, -0.2) is 13.2 Å². The highest BCUT2D eigenvalue weighted by molar-refractivity contribution is 7.89. The zero-order chi connectivity index (χ0) is 21.5. The molecule has 10 heteroatoms. The predicted molar refractivity (Wildman–Crippen MR) is 103 cm³/mol. The van der Waals surface area contributed by atoms with Gasteiger partial charge in [-0.3, -0.25) is 14.9 Å². The quantitative estimate of drug-likeness (QED) is 0.545. The Kier molecular flexibility index (Phi) is 8.58. The van der Waals surface area contributed by atoms with Gasteiger partial charge in [-0.05, 0) is 49.9 Å². The van der Waals surface area contributed by atoms with E-state index in [2.05, 4.69) is 10.0 Å². The summed E-state index contributed by atoms with van der Waals surface area (Å²) in [5.41, 5.74) is 1.74. The van der Waals surface area contributed by atoms with E-state index in [4.69, 9.17) is 4.74 Å². The second kappa shape index (κ2) is 10.2. The average molecular weight is 413 g/mol. The number of imide groups is 1. The third-order valence-electron chi connectivity index (χ3n) is 3.93. The molecule has 0 saturated heterocycles. The normalized spacial score (nSPS) is 12.4. The highest BCUT2D eigenvalue weighted by atomic mass is 32.2. The molecule has 1 aromatic carbocycles. The van der Waals surface area contributed by atoms with E-state index >= 15 is 0 Å². The molecule has 3 N–H and O–H groups in total. The summed E-state index contributed by atoms with van der Waals surface area (Å²) in [6.07, 6.45) is 0. The minimum Gasteiger partial charge on any atom is -0.454 e. The molecule has 1 aromatic rings. The van der Waals surface area contributed by atoms with E-state index in [-0.39, 0.29) is 4.90 Å². The number of urea groups is 1. The lowest BCUT2D eigenvalue weighted by Gasteiger charge is -2.21. The molecule has 0 aliphatic carbocycles. The summed E-state index contributed by atoms with van der Waals surface area (Å²) in [5.74, 6) is -2.16. The van der Waals surface area contributed by atoms with Crippen LogP contribution in [-0.4, -0.2) is 45.5 Å². The fraction of sp³-hybridized carbons (Fsp3) is 0.500. The van der Waals surface area contributed by atoms with Crippen LogP contribution in [0.15, 0.2) is 23.1 Å². The molecule has 0 heterocycles. The first-order chi connectivity index (χ1) is 13.0. The number of esters is 1. The smallest absolute Gasteiger partial charge is 0.324 e. The van der Waals surface area contributed by atoms with Gasteiger partial charge in [0.2, 0.25) is 10.0 Å². The van der Waals surface area contributed by atoms with E-state index in [0.717, 1.165) is 11.1 Å². The second-order valence-corrected chi connectivity index (χ2v) is 8.32. The van der Waals surface area contributed by atoms with Crippen molar-refractivity contribution < 1.29 is 27.5 Å². The molecular formula is C18H27N3O6S. The van der Waals surface area contributed by atoms with E-state index in [1.807, 2.05) is 12.2 Å². The maximum atomic E-state index is 12.6. The van der Waals surface area contributed by atoms with Crippen molar-refractivity contribution in [3.8, 4) is 0 Å². The van der Waals surface area contributed by atoms with Gasteiger partial charge in [0.05, 0.1) is 4.90 Å². The number of rotatable bonds is 8. The number of benzene rings is 1. The first-order valence-electron chi connectivity index (χ1n) is 8.81. The molecule has 0 aromatic heterocycles. The number of nitrogens with one attached hydrogen (secondary N) is 3. The van der Waals surface area contributed by atoms with Crippen LogP contribution in [0.5, 0.6) is 0 Å². The fourth-order valence-corrected chi connectivity index (χ4v) is 3.58. The van der Waals surface area contributed by atoms with Crippen molar-refractivity contribution in [1.29, 1.82) is 0 Å². The standard InChI is InChI=1S/C18H27N3O6S/c1-6-19-18(24)20-15(22)10-27-17(23)16(11(2)3)21-28(25,26)14-8-7-12(4)13(5)9-14/h7-9,11,16,21H,6,10H2,1-5H3,(H2,19,20,22,24)/t16-/m0/s1. The van der Waals surface area contributed by atoms with Crippen LogP contribution in [0.3, 0.4) is 0 Å². The second-order valence-electron chi connectivity index (χ2n) is 6.60. The molecule has 1 rings (SSSR count). The fourth-order valence-electron chi connectivity index (χ4n) is 2.17. The molecule has 9 nitrogen and oxygen atoms in total. The van der Waals surface area contributed by atoms with Crippen LogP contribution < -0.4 is 15.4 Å². The molecule has 0 saturated carbocycles. The van der Waals surface area contributed by atoms with Crippen LogP contribution in [-0.2, 0) is 24.3 Å². The topological polar surface area (TPSA) is 131 Å². The van der Waals surface area contributed by atoms with E-state index < -0.39 is 46.5 Å². The number of aryl methyl sites for hydroxylation is 2. The summed E-state index contributed by atoms with van der Waals surface area (Å²) in [7, 11) is -3.97. The van der Waals surface area contributed by atoms with Gasteiger partial charge in [-0.1, -0.05) is 19.9 Å². The van der Waals surface area contributed by atoms with Crippen molar-refractivity contribution in [3.05, 3.63) is 29.3 Å². The minimum atomic E-state index is -3.97. The number of amides is 3. The van der Waals surface area contributed by atoms with E-state index in [1.165, 1.54) is 12.1 Å². The third-order valence-corrected chi connectivity index (χ3v) is 5.37. The van der Waals surface area contributed by atoms with Crippen molar-refractivity contribution in [1.82, 2.24) is 15.4 Å². The lowest BCUT2D eigenvalue weighted by Crippen LogP contribution is -2.47. The molecule has 0 radical (unpaired) electrons. The van der Waals surface area contributed by atoms with E-state index in [0.29, 0.717) is 6.54 Å². The van der Waals surface area contributed by atoms with Gasteiger partial charge < -0.3 is 10.1 Å². The van der Waals surface area contributed by atoms with Crippen molar-refractivity contribution in [2.45, 2.75) is 45.6 Å². The summed E-state index contributed by atoms with van der Waals surface area (Å²) in [5, 5.41) is 4.34. The number of sulfonamides is 1. The van der Waals surface area contributed by atoms with Crippen molar-refractivity contribution in [3.63, 3.8) is 0 Å². The first-order valence-corrected chi connectivity index (χ1v) is 10.3. The average Bonchev–Trinajstić information content (AvgIpc) is 2.59. The molecule has 0 unspecified atom stereocenters. The molecular weight excluding hydrogens is 386 g/mol. The largest absolute Gasteiger partial charge is 0.454 e. The monoisotopic (exact) mass is 413 g/mol. The zero-order valence-electron chi connectivity index (χ0n) is 16.7. The molecule has 28 heavy (non-hydrogen) atoms. The van der Waals surface area contributed by atoms with Gasteiger partial charge in [0, 0.05) is 6.54 Å². The molecule has 1 atom stereocenters. The summed E-state index contributed by atoms with van der Waals surface area (Å²) in [4.78, 5) is 35.2. The molecule has 0 aliphatic rings. The van der Waals surface area contributed by atoms with Gasteiger partial charge in [0.25, 0.3) is 5.91 Å². The van der Waals surface area contributed by atoms with Crippen LogP contribution in [0.25, 0.3) is 0 Å². The molecule has 0 fully saturated rings. The Labute approximate surface area is 165 Å². The van der Waals surface area contributed by atoms with E-state index in [9.17, 15) is 22.8 Å². The molecule has 0 aliphatic heterocycles. The van der Waals surface area contributed by atoms with Crippen LogP contribution in [0.4, 0.5) is 4.79 Å². The summed E-state index contributed by atoms with van der Waals surface area (Å²) in [6.45, 7) is 8.24. The highest BCUT2D eigenvalue weighted by Gasteiger charge is 2.30. The van der Waals surface area contributed by atoms with Crippen molar-refractivity contribution in [2.75, 3.05) is 13.2 Å². The lowest BCUT2D eigenvalue weighted by atomic mass is 10.1. The number of carbonyl (C=O) groups is 3. The Morgan fingerprint density at radius 3 is 2.29 bits per heavy atom. The number of hydrogen-bond donors (Lipinski definition) is 3. The van der Waals surface area contributed by atoms with Crippen LogP contribution in [0.2, 0.25) is 0 Å². The van der Waals surface area contributed by atoms with Gasteiger partial charge in [-0.2, -0.15) is 4.72 Å². The lowest BCUT2D eigenvalue weighted by molar-refractivity contribution is -0.150. The Morgan fingerprint density at radius 2 is 1.75 bits per heavy atom. The number of carbonyl (C=O) groups excluding carboxylic acids is 3. The minimum absolute atomic E-state index is 0.0306. The first kappa shape index (κ1) is 23.6. The summed E-state index contributed by atoms with van der Waals surface area (Å²) >= 11 is 0. The Bertz CT molecular complexity index is 836. The Hall–Kier alpha value is -2.46. The molecule has 0 spiro atoms. The summed E-state index contributed by atoms with van der Waals surface area (Å²) in [6, 6.07) is 2.74. The van der Waals surface area contributed by atoms with Crippen LogP contribution >= 0.6 is 0 Å². The Morgan fingerprint density at radius 1 is 1.11 bits per heavy atom. The maximum Gasteiger partial charge on any atom is 0.324 e. The van der Waals surface area contributed by atoms with Crippen molar-refractivity contribution >= 4 is 27.9 Å².